The summed E-state index contributed by atoms with van der Waals surface area (Å²) in [5, 5.41) is 4.07. The van der Waals surface area contributed by atoms with Crippen molar-refractivity contribution in [2.24, 2.45) is 0 Å². The molecule has 8 heteroatoms. The first-order valence-electron chi connectivity index (χ1n) is 10.1. The van der Waals surface area contributed by atoms with Crippen LogP contribution in [-0.4, -0.2) is 62.1 Å². The number of aryl methyl sites for hydroxylation is 2. The van der Waals surface area contributed by atoms with Crippen molar-refractivity contribution in [3.8, 4) is 0 Å². The second-order valence-electron chi connectivity index (χ2n) is 7.28. The Bertz CT molecular complexity index is 922. The van der Waals surface area contributed by atoms with Gasteiger partial charge < -0.3 is 9.80 Å². The summed E-state index contributed by atoms with van der Waals surface area (Å²) in [6, 6.07) is 4.11. The number of rotatable bonds is 6. The summed E-state index contributed by atoms with van der Waals surface area (Å²) in [6.07, 6.45) is 11.0. The highest BCUT2D eigenvalue weighted by molar-refractivity contribution is 5.78. The van der Waals surface area contributed by atoms with Gasteiger partial charge in [-0.15, -0.1) is 0 Å². The molecule has 0 aliphatic carbocycles. The first kappa shape index (κ1) is 20.7. The van der Waals surface area contributed by atoms with Gasteiger partial charge in [0.1, 0.15) is 6.33 Å². The van der Waals surface area contributed by atoms with Crippen molar-refractivity contribution in [3.63, 3.8) is 0 Å². The lowest BCUT2D eigenvalue weighted by atomic mass is 10.2. The predicted molar refractivity (Wildman–Crippen MR) is 113 cm³/mol. The van der Waals surface area contributed by atoms with Crippen molar-refractivity contribution < 1.29 is 4.79 Å². The van der Waals surface area contributed by atoms with Crippen LogP contribution >= 0.6 is 0 Å². The number of carbonyl (C=O) groups excluding carboxylic acids is 1. The zero-order valence-corrected chi connectivity index (χ0v) is 17.5. The van der Waals surface area contributed by atoms with Gasteiger partial charge in [-0.05, 0) is 37.0 Å². The van der Waals surface area contributed by atoms with E-state index in [2.05, 4.69) is 33.0 Å². The van der Waals surface area contributed by atoms with Crippen LogP contribution in [0.25, 0.3) is 5.65 Å². The van der Waals surface area contributed by atoms with Crippen LogP contribution in [0.2, 0.25) is 0 Å². The molecule has 0 saturated carbocycles. The molecule has 0 unspecified atom stereocenters. The maximum absolute atomic E-state index is 11.4. The average molecular weight is 396 g/mol. The molecule has 0 N–H and O–H groups in total. The Morgan fingerprint density at radius 3 is 2.69 bits per heavy atom. The first-order valence-corrected chi connectivity index (χ1v) is 10.1. The molecule has 0 aromatic carbocycles. The molecule has 4 rings (SSSR count). The summed E-state index contributed by atoms with van der Waals surface area (Å²) in [5.74, 6) is 0.977. The van der Waals surface area contributed by atoms with Crippen LogP contribution < -0.4 is 4.90 Å². The van der Waals surface area contributed by atoms with E-state index in [9.17, 15) is 4.79 Å². The van der Waals surface area contributed by atoms with Gasteiger partial charge in [0.15, 0.2) is 5.65 Å². The number of hydrogen-bond donors (Lipinski definition) is 0. The quantitative estimate of drug-likeness (QED) is 0.638. The van der Waals surface area contributed by atoms with Crippen molar-refractivity contribution in [1.29, 1.82) is 0 Å². The topological polar surface area (TPSA) is 79.5 Å². The van der Waals surface area contributed by atoms with Crippen LogP contribution in [0, 0.1) is 6.92 Å². The molecule has 0 radical (unpaired) electrons. The zero-order valence-electron chi connectivity index (χ0n) is 17.5. The number of likely N-dealkylation sites (tertiary alicyclic amines) is 1. The molecule has 1 saturated heterocycles. The summed E-state index contributed by atoms with van der Waals surface area (Å²) in [4.78, 5) is 28.0. The summed E-state index contributed by atoms with van der Waals surface area (Å²) in [6.45, 7) is 6.55. The van der Waals surface area contributed by atoms with E-state index in [1.807, 2.05) is 40.5 Å². The third-order valence-electron chi connectivity index (χ3n) is 4.89. The standard InChI is InChI=1S/C12H18N4O.C9H11N3/c1-10-8-13-12(14-9-10)15(2)6-7-16-5-3-4-11(16)17;1-2-4-8-5-3-6-12-9(8)10-7-11-12/h8-9H,3-7H2,1-2H3;3,5-7H,2,4H2,1H3. The Balaban J connectivity index is 0.000000176. The highest BCUT2D eigenvalue weighted by Crippen LogP contribution is 2.10. The Morgan fingerprint density at radius 2 is 2.00 bits per heavy atom. The minimum absolute atomic E-state index is 0.267. The van der Waals surface area contributed by atoms with Gasteiger partial charge in [-0.1, -0.05) is 19.4 Å². The monoisotopic (exact) mass is 395 g/mol. The van der Waals surface area contributed by atoms with Gasteiger partial charge in [0.2, 0.25) is 11.9 Å². The Labute approximate surface area is 171 Å². The van der Waals surface area contributed by atoms with Crippen LogP contribution in [0.4, 0.5) is 5.95 Å². The third-order valence-corrected chi connectivity index (χ3v) is 4.89. The summed E-state index contributed by atoms with van der Waals surface area (Å²) in [7, 11) is 1.95. The highest BCUT2D eigenvalue weighted by atomic mass is 16.2. The second-order valence-corrected chi connectivity index (χ2v) is 7.28. The molecule has 3 aromatic rings. The number of hydrogen-bond acceptors (Lipinski definition) is 6. The maximum Gasteiger partial charge on any atom is 0.225 e. The van der Waals surface area contributed by atoms with Crippen LogP contribution in [-0.2, 0) is 11.2 Å². The minimum atomic E-state index is 0.267. The fourth-order valence-electron chi connectivity index (χ4n) is 3.26. The van der Waals surface area contributed by atoms with Crippen LogP contribution in [0.5, 0.6) is 0 Å². The summed E-state index contributed by atoms with van der Waals surface area (Å²) < 4.78 is 1.81. The van der Waals surface area contributed by atoms with E-state index in [0.29, 0.717) is 12.4 Å². The Kier molecular flexibility index (Phi) is 7.10. The van der Waals surface area contributed by atoms with Crippen LogP contribution in [0.15, 0.2) is 37.1 Å². The largest absolute Gasteiger partial charge is 0.342 e. The molecule has 154 valence electrons. The number of anilines is 1. The fraction of sp³-hybridized carbons (Fsp3) is 0.476. The number of fused-ring (bicyclic) bond motifs is 1. The van der Waals surface area contributed by atoms with Crippen molar-refractivity contribution in [3.05, 3.63) is 48.2 Å². The molecule has 29 heavy (non-hydrogen) atoms. The Hall–Kier alpha value is -3.03. The van der Waals surface area contributed by atoms with Crippen molar-refractivity contribution >= 4 is 17.5 Å². The summed E-state index contributed by atoms with van der Waals surface area (Å²) in [5.41, 5.74) is 3.31. The molecule has 3 aromatic heterocycles. The molecule has 0 bridgehead atoms. The van der Waals surface area contributed by atoms with Gasteiger partial charge in [0, 0.05) is 51.7 Å². The number of carbonyl (C=O) groups is 1. The van der Waals surface area contributed by atoms with Gasteiger partial charge in [0.25, 0.3) is 0 Å². The molecule has 0 atom stereocenters. The molecule has 4 heterocycles. The summed E-state index contributed by atoms with van der Waals surface area (Å²) >= 11 is 0. The van der Waals surface area contributed by atoms with Gasteiger partial charge in [0.05, 0.1) is 0 Å². The van der Waals surface area contributed by atoms with E-state index < -0.39 is 0 Å². The molecular formula is C21H29N7O. The van der Waals surface area contributed by atoms with E-state index in [4.69, 9.17) is 0 Å². The SMILES string of the molecule is CCCc1cccn2ncnc12.Cc1cnc(N(C)CCN2CCCC2=O)nc1. The van der Waals surface area contributed by atoms with Crippen LogP contribution in [0.1, 0.15) is 37.3 Å². The molecule has 1 aliphatic rings. The number of aromatic nitrogens is 5. The van der Waals surface area contributed by atoms with Crippen molar-refractivity contribution in [2.75, 3.05) is 31.6 Å². The van der Waals surface area contributed by atoms with E-state index in [-0.39, 0.29) is 5.91 Å². The molecule has 1 fully saturated rings. The fourth-order valence-corrected chi connectivity index (χ4v) is 3.26. The van der Waals surface area contributed by atoms with Crippen LogP contribution in [0.3, 0.4) is 0 Å². The van der Waals surface area contributed by atoms with Crippen molar-refractivity contribution in [2.45, 2.75) is 39.5 Å². The molecular weight excluding hydrogens is 366 g/mol. The normalized spacial score (nSPS) is 13.5. The van der Waals surface area contributed by atoms with E-state index in [1.165, 1.54) is 5.56 Å². The maximum atomic E-state index is 11.4. The van der Waals surface area contributed by atoms with Gasteiger partial charge in [-0.3, -0.25) is 4.79 Å². The minimum Gasteiger partial charge on any atom is -0.342 e. The molecule has 1 amide bonds. The van der Waals surface area contributed by atoms with Crippen molar-refractivity contribution in [1.82, 2.24) is 29.5 Å². The molecule has 0 spiro atoms. The molecule has 1 aliphatic heterocycles. The van der Waals surface area contributed by atoms with E-state index in [0.717, 1.165) is 50.1 Å². The Morgan fingerprint density at radius 1 is 1.21 bits per heavy atom. The van der Waals surface area contributed by atoms with Gasteiger partial charge in [-0.25, -0.2) is 19.5 Å². The smallest absolute Gasteiger partial charge is 0.225 e. The lowest BCUT2D eigenvalue weighted by molar-refractivity contribution is -0.127. The van der Waals surface area contributed by atoms with E-state index in [1.54, 1.807) is 18.7 Å². The van der Waals surface area contributed by atoms with Gasteiger partial charge >= 0.3 is 0 Å². The van der Waals surface area contributed by atoms with E-state index >= 15 is 0 Å². The molecule has 8 nitrogen and oxygen atoms in total. The number of pyridine rings is 1. The van der Waals surface area contributed by atoms with Gasteiger partial charge in [-0.2, -0.15) is 5.10 Å². The lowest BCUT2D eigenvalue weighted by Crippen LogP contribution is -2.34. The second kappa shape index (κ2) is 9.95. The predicted octanol–water partition coefficient (Wildman–Crippen LogP) is 2.53. The average Bonchev–Trinajstić information content (AvgIpc) is 3.37. The lowest BCUT2D eigenvalue weighted by Gasteiger charge is -2.21. The third kappa shape index (κ3) is 5.49. The number of nitrogens with zero attached hydrogens (tertiary/aromatic N) is 7. The number of amides is 1. The number of likely N-dealkylation sites (N-methyl/N-ethyl adjacent to an activating group) is 1. The zero-order chi connectivity index (χ0) is 20.6. The highest BCUT2D eigenvalue weighted by Gasteiger charge is 2.20. The first-order chi connectivity index (χ1) is 14.1.